The van der Waals surface area contributed by atoms with Crippen molar-refractivity contribution in [1.29, 1.82) is 0 Å². The molecule has 0 bridgehead atoms. The second-order valence-corrected chi connectivity index (χ2v) is 10.3. The summed E-state index contributed by atoms with van der Waals surface area (Å²) in [5, 5.41) is 14.8. The third-order valence-corrected chi connectivity index (χ3v) is 7.94. The van der Waals surface area contributed by atoms with Crippen molar-refractivity contribution in [2.24, 2.45) is 5.92 Å². The van der Waals surface area contributed by atoms with E-state index in [-0.39, 0.29) is 22.9 Å². The largest absolute Gasteiger partial charge is 0.387 e. The lowest BCUT2D eigenvalue weighted by molar-refractivity contribution is 0.0833. The molecule has 5 heteroatoms. The Morgan fingerprint density at radius 3 is 1.83 bits per heavy atom. The van der Waals surface area contributed by atoms with Gasteiger partial charge in [-0.05, 0) is 80.7 Å². The van der Waals surface area contributed by atoms with Gasteiger partial charge < -0.3 is 5.11 Å². The molecule has 0 amide bonds. The molecule has 41 heavy (non-hydrogen) atoms. The monoisotopic (exact) mass is 533 g/mol. The van der Waals surface area contributed by atoms with Crippen LogP contribution in [0.15, 0.2) is 127 Å². The number of Topliss-reactive ketones (excluding diaryl/α,β-unsaturated/α-hetero) is 3. The highest BCUT2D eigenvalue weighted by molar-refractivity contribution is 6.40. The van der Waals surface area contributed by atoms with Gasteiger partial charge in [-0.3, -0.25) is 19.4 Å². The Balaban J connectivity index is 1.25. The van der Waals surface area contributed by atoms with Gasteiger partial charge in [0.25, 0.3) is 0 Å². The predicted molar refractivity (Wildman–Crippen MR) is 159 cm³/mol. The Morgan fingerprint density at radius 1 is 0.707 bits per heavy atom. The molecule has 1 aromatic heterocycles. The zero-order chi connectivity index (χ0) is 28.1. The van der Waals surface area contributed by atoms with E-state index < -0.39 is 12.0 Å². The van der Waals surface area contributed by atoms with Crippen molar-refractivity contribution in [2.75, 3.05) is 0 Å². The fourth-order valence-corrected chi connectivity index (χ4v) is 5.76. The molecule has 2 atom stereocenters. The molecule has 7 rings (SSSR count). The quantitative estimate of drug-likeness (QED) is 0.155. The Labute approximate surface area is 235 Å². The van der Waals surface area contributed by atoms with Crippen LogP contribution in [0, 0.1) is 5.92 Å². The fraction of sp³-hybridized carbons (Fsp3) is 0.0556. The van der Waals surface area contributed by atoms with Crippen LogP contribution in [0.3, 0.4) is 0 Å². The highest BCUT2D eigenvalue weighted by Gasteiger charge is 2.37. The average Bonchev–Trinajstić information content (AvgIpc) is 3.38. The van der Waals surface area contributed by atoms with E-state index in [1.54, 1.807) is 48.8 Å². The van der Waals surface area contributed by atoms with Crippen molar-refractivity contribution in [3.8, 4) is 0 Å². The maximum absolute atomic E-state index is 13.3. The number of aromatic nitrogens is 1. The van der Waals surface area contributed by atoms with Crippen molar-refractivity contribution < 1.29 is 19.5 Å². The zero-order valence-corrected chi connectivity index (χ0v) is 21.8. The average molecular weight is 534 g/mol. The van der Waals surface area contributed by atoms with Crippen LogP contribution in [0.4, 0.5) is 0 Å². The molecular formula is C36H23NO4. The van der Waals surface area contributed by atoms with Gasteiger partial charge in [0.05, 0.1) is 17.6 Å². The lowest BCUT2D eigenvalue weighted by Crippen LogP contribution is -2.10. The van der Waals surface area contributed by atoms with E-state index in [0.717, 1.165) is 27.1 Å². The highest BCUT2D eigenvalue weighted by Crippen LogP contribution is 2.39. The number of fused-ring (bicyclic) bond motifs is 4. The molecule has 5 aromatic rings. The molecule has 196 valence electrons. The van der Waals surface area contributed by atoms with E-state index in [2.05, 4.69) is 4.98 Å². The molecule has 0 radical (unpaired) electrons. The smallest absolute Gasteiger partial charge is 0.197 e. The van der Waals surface area contributed by atoms with E-state index >= 15 is 0 Å². The molecule has 2 aliphatic carbocycles. The number of ketones is 3. The number of pyridine rings is 1. The first-order chi connectivity index (χ1) is 20.0. The maximum atomic E-state index is 13.3. The van der Waals surface area contributed by atoms with Gasteiger partial charge in [-0.25, -0.2) is 0 Å². The summed E-state index contributed by atoms with van der Waals surface area (Å²) in [5.74, 6) is -1.53. The van der Waals surface area contributed by atoms with E-state index in [0.29, 0.717) is 27.8 Å². The van der Waals surface area contributed by atoms with Crippen molar-refractivity contribution in [3.05, 3.63) is 155 Å². The number of rotatable bonds is 4. The van der Waals surface area contributed by atoms with Crippen LogP contribution in [-0.2, 0) is 0 Å². The third-order valence-electron chi connectivity index (χ3n) is 7.94. The summed E-state index contributed by atoms with van der Waals surface area (Å²) < 4.78 is 0. The van der Waals surface area contributed by atoms with Gasteiger partial charge in [0, 0.05) is 29.1 Å². The minimum atomic E-state index is -0.975. The number of allylic oxidation sites excluding steroid dienone is 5. The molecule has 0 saturated carbocycles. The van der Waals surface area contributed by atoms with Gasteiger partial charge in [-0.1, -0.05) is 66.8 Å². The van der Waals surface area contributed by atoms with Crippen LogP contribution in [0.25, 0.3) is 27.1 Å². The first-order valence-corrected chi connectivity index (χ1v) is 13.4. The number of hydrogen-bond acceptors (Lipinski definition) is 5. The molecule has 0 spiro atoms. The Morgan fingerprint density at radius 2 is 1.24 bits per heavy atom. The van der Waals surface area contributed by atoms with Gasteiger partial charge in [0.15, 0.2) is 17.3 Å². The summed E-state index contributed by atoms with van der Waals surface area (Å²) in [6, 6.07) is 26.3. The molecule has 0 aliphatic heterocycles. The van der Waals surface area contributed by atoms with Crippen LogP contribution in [0.5, 0.6) is 0 Å². The fourth-order valence-electron chi connectivity index (χ4n) is 5.76. The van der Waals surface area contributed by atoms with Gasteiger partial charge >= 0.3 is 0 Å². The predicted octanol–water partition coefficient (Wildman–Crippen LogP) is 6.88. The number of hydrogen-bond donors (Lipinski definition) is 1. The molecule has 4 aromatic carbocycles. The standard InChI is InChI=1S/C36H23NO4/c38-33-27(34(39)30-18-24-6-2-1-5-23(24)17-29(30)33)11-9-21(22-13-15-37-16-14-22)10-12-28-35(40)31-19-25-7-3-4-8-26(25)20-32(31)36(28)41/h1-20,27,33,38H/b11-9+,21-10-. The van der Waals surface area contributed by atoms with Crippen molar-refractivity contribution in [2.45, 2.75) is 6.10 Å². The van der Waals surface area contributed by atoms with Gasteiger partial charge in [-0.2, -0.15) is 0 Å². The van der Waals surface area contributed by atoms with Crippen LogP contribution < -0.4 is 0 Å². The summed E-state index contributed by atoms with van der Waals surface area (Å²) in [7, 11) is 0. The van der Waals surface area contributed by atoms with Crippen LogP contribution in [0.2, 0.25) is 0 Å². The number of aliphatic hydroxyl groups is 1. The maximum Gasteiger partial charge on any atom is 0.197 e. The second kappa shape index (κ2) is 9.73. The van der Waals surface area contributed by atoms with Gasteiger partial charge in [0.2, 0.25) is 0 Å². The summed E-state index contributed by atoms with van der Waals surface area (Å²) in [4.78, 5) is 43.9. The summed E-state index contributed by atoms with van der Waals surface area (Å²) in [5.41, 5.74) is 3.49. The first kappa shape index (κ1) is 24.8. The SMILES string of the molecule is O=C1C(=C/C=C(/C=C/C2C(=O)c3cc4ccccc4cc3C2O)c2ccncc2)C(=O)c2cc3ccccc3cc21. The second-order valence-electron chi connectivity index (χ2n) is 10.3. The minimum absolute atomic E-state index is 0.0892. The lowest BCUT2D eigenvalue weighted by atomic mass is 9.98. The molecule has 5 nitrogen and oxygen atoms in total. The minimum Gasteiger partial charge on any atom is -0.387 e. The van der Waals surface area contributed by atoms with Crippen molar-refractivity contribution in [3.63, 3.8) is 0 Å². The number of aliphatic hydroxyl groups excluding tert-OH is 1. The molecule has 1 heterocycles. The van der Waals surface area contributed by atoms with Crippen LogP contribution in [0.1, 0.15) is 48.3 Å². The first-order valence-electron chi connectivity index (χ1n) is 13.4. The summed E-state index contributed by atoms with van der Waals surface area (Å²) in [6.07, 6.45) is 9.02. The van der Waals surface area contributed by atoms with Crippen molar-refractivity contribution >= 4 is 44.5 Å². The molecule has 2 unspecified atom stereocenters. The number of carbonyl (C=O) groups excluding carboxylic acids is 3. The number of carbonyl (C=O) groups is 3. The summed E-state index contributed by atoms with van der Waals surface area (Å²) >= 11 is 0. The Hall–Kier alpha value is -5.26. The topological polar surface area (TPSA) is 84.3 Å². The van der Waals surface area contributed by atoms with E-state index in [9.17, 15) is 19.5 Å². The van der Waals surface area contributed by atoms with Crippen LogP contribution >= 0.6 is 0 Å². The van der Waals surface area contributed by atoms with Crippen molar-refractivity contribution in [1.82, 2.24) is 4.98 Å². The van der Waals surface area contributed by atoms with Gasteiger partial charge in [-0.15, -0.1) is 0 Å². The van der Waals surface area contributed by atoms with E-state index in [1.807, 2.05) is 72.8 Å². The highest BCUT2D eigenvalue weighted by atomic mass is 16.3. The molecular weight excluding hydrogens is 510 g/mol. The Kier molecular flexibility index (Phi) is 5.88. The van der Waals surface area contributed by atoms with E-state index in [1.165, 1.54) is 0 Å². The number of nitrogens with zero attached hydrogens (tertiary/aromatic N) is 1. The zero-order valence-electron chi connectivity index (χ0n) is 21.8. The van der Waals surface area contributed by atoms with Gasteiger partial charge in [0.1, 0.15) is 0 Å². The number of benzene rings is 4. The molecule has 1 N–H and O–H groups in total. The van der Waals surface area contributed by atoms with Crippen LogP contribution in [-0.4, -0.2) is 27.4 Å². The Bertz CT molecular complexity index is 1960. The third kappa shape index (κ3) is 4.15. The molecule has 0 fully saturated rings. The lowest BCUT2D eigenvalue weighted by Gasteiger charge is -2.10. The normalized spacial score (nSPS) is 18.5. The molecule has 0 saturated heterocycles. The molecule has 2 aliphatic rings. The summed E-state index contributed by atoms with van der Waals surface area (Å²) in [6.45, 7) is 0. The van der Waals surface area contributed by atoms with E-state index in [4.69, 9.17) is 0 Å².